The number of hydrogen-bond donors (Lipinski definition) is 3. The highest BCUT2D eigenvalue weighted by Crippen LogP contribution is 2.28. The number of hydrogen-bond acceptors (Lipinski definition) is 6. The minimum Gasteiger partial charge on any atom is -0.325 e. The summed E-state index contributed by atoms with van der Waals surface area (Å²) < 4.78 is 18.3. The van der Waals surface area contributed by atoms with Crippen LogP contribution in [0.25, 0.3) is 28.1 Å². The average molecular weight is 417 g/mol. The Morgan fingerprint density at radius 2 is 2.00 bits per heavy atom. The van der Waals surface area contributed by atoms with Crippen molar-refractivity contribution in [2.24, 2.45) is 0 Å². The number of anilines is 2. The van der Waals surface area contributed by atoms with E-state index in [1.807, 2.05) is 39.6 Å². The quantitative estimate of drug-likeness (QED) is 0.415. The standard InChI is InChI=1S/C21H20FN9/c22-15-12-31(13-3-5-23-6-4-13)21-19(15)25-11-18(27-21)26-17-10-16(28-29-17)14-2-1-8-30-9-7-24-20(14)30/h1-2,7-13,23H,3-6H2,(H2,26,27,28,29). The highest BCUT2D eigenvalue weighted by molar-refractivity contribution is 5.78. The van der Waals surface area contributed by atoms with E-state index < -0.39 is 0 Å². The number of aromatic amines is 1. The number of aromatic nitrogens is 7. The van der Waals surface area contributed by atoms with Gasteiger partial charge in [0.15, 0.2) is 23.1 Å². The van der Waals surface area contributed by atoms with Crippen molar-refractivity contribution in [3.05, 3.63) is 55.0 Å². The molecule has 6 rings (SSSR count). The van der Waals surface area contributed by atoms with E-state index >= 15 is 0 Å². The first-order chi connectivity index (χ1) is 15.3. The van der Waals surface area contributed by atoms with Crippen LogP contribution in [0.4, 0.5) is 16.0 Å². The molecule has 0 unspecified atom stereocenters. The molecule has 1 aliphatic heterocycles. The highest BCUT2D eigenvalue weighted by Gasteiger charge is 2.21. The largest absolute Gasteiger partial charge is 0.325 e. The molecule has 1 fully saturated rings. The molecule has 9 nitrogen and oxygen atoms in total. The molecule has 0 aromatic carbocycles. The second-order valence-corrected chi connectivity index (χ2v) is 7.66. The lowest BCUT2D eigenvalue weighted by Gasteiger charge is -2.24. The zero-order valence-corrected chi connectivity index (χ0v) is 16.6. The van der Waals surface area contributed by atoms with Gasteiger partial charge in [0.1, 0.15) is 11.2 Å². The molecule has 1 aliphatic rings. The minimum absolute atomic E-state index is 0.213. The first kappa shape index (κ1) is 18.0. The summed E-state index contributed by atoms with van der Waals surface area (Å²) >= 11 is 0. The van der Waals surface area contributed by atoms with Crippen LogP contribution in [0.1, 0.15) is 18.9 Å². The van der Waals surface area contributed by atoms with Crippen molar-refractivity contribution < 1.29 is 4.39 Å². The van der Waals surface area contributed by atoms with E-state index in [0.29, 0.717) is 17.3 Å². The van der Waals surface area contributed by atoms with Crippen LogP contribution in [0.15, 0.2) is 49.2 Å². The Labute approximate surface area is 176 Å². The van der Waals surface area contributed by atoms with Crippen LogP contribution in [0.3, 0.4) is 0 Å². The molecule has 0 radical (unpaired) electrons. The number of halogens is 1. The molecule has 0 saturated carbocycles. The van der Waals surface area contributed by atoms with E-state index in [-0.39, 0.29) is 17.4 Å². The van der Waals surface area contributed by atoms with Crippen molar-refractivity contribution in [1.82, 2.24) is 39.4 Å². The third-order valence-electron chi connectivity index (χ3n) is 5.72. The van der Waals surface area contributed by atoms with Crippen molar-refractivity contribution in [1.29, 1.82) is 0 Å². The normalized spacial score (nSPS) is 15.1. The van der Waals surface area contributed by atoms with Crippen LogP contribution in [-0.4, -0.2) is 47.2 Å². The molecule has 1 saturated heterocycles. The fourth-order valence-electron chi connectivity index (χ4n) is 4.21. The number of pyridine rings is 1. The third kappa shape index (κ3) is 3.12. The van der Waals surface area contributed by atoms with E-state index in [2.05, 4.69) is 35.8 Å². The number of nitrogens with zero attached hydrogens (tertiary/aromatic N) is 6. The average Bonchev–Trinajstić information content (AvgIpc) is 3.53. The maximum absolute atomic E-state index is 14.4. The van der Waals surface area contributed by atoms with Crippen LogP contribution in [-0.2, 0) is 0 Å². The van der Waals surface area contributed by atoms with Gasteiger partial charge < -0.3 is 19.6 Å². The van der Waals surface area contributed by atoms with Crippen molar-refractivity contribution >= 4 is 28.4 Å². The summed E-state index contributed by atoms with van der Waals surface area (Å²) in [5.41, 5.74) is 3.45. The Morgan fingerprint density at radius 1 is 1.10 bits per heavy atom. The number of rotatable bonds is 4. The van der Waals surface area contributed by atoms with E-state index in [1.54, 1.807) is 6.20 Å². The first-order valence-corrected chi connectivity index (χ1v) is 10.2. The molecule has 3 N–H and O–H groups in total. The van der Waals surface area contributed by atoms with Gasteiger partial charge in [-0.2, -0.15) is 5.10 Å². The predicted molar refractivity (Wildman–Crippen MR) is 115 cm³/mol. The van der Waals surface area contributed by atoms with Gasteiger partial charge in [0.25, 0.3) is 0 Å². The Bertz CT molecular complexity index is 1380. The smallest absolute Gasteiger partial charge is 0.168 e. The molecular weight excluding hydrogens is 397 g/mol. The van der Waals surface area contributed by atoms with E-state index in [4.69, 9.17) is 0 Å². The number of fused-ring (bicyclic) bond motifs is 2. The van der Waals surface area contributed by atoms with Gasteiger partial charge >= 0.3 is 0 Å². The van der Waals surface area contributed by atoms with E-state index in [0.717, 1.165) is 42.8 Å². The zero-order valence-electron chi connectivity index (χ0n) is 16.6. The van der Waals surface area contributed by atoms with Gasteiger partial charge in [0, 0.05) is 42.5 Å². The Kier molecular flexibility index (Phi) is 4.17. The molecule has 156 valence electrons. The molecule has 0 spiro atoms. The fraction of sp³-hybridized carbons (Fsp3) is 0.238. The third-order valence-corrected chi connectivity index (χ3v) is 5.72. The van der Waals surface area contributed by atoms with Gasteiger partial charge in [0.2, 0.25) is 0 Å². The van der Waals surface area contributed by atoms with Gasteiger partial charge in [-0.1, -0.05) is 0 Å². The predicted octanol–water partition coefficient (Wildman–Crippen LogP) is 3.28. The van der Waals surface area contributed by atoms with Crippen molar-refractivity contribution in [3.63, 3.8) is 0 Å². The molecular formula is C21H20FN9. The molecule has 10 heteroatoms. The molecule has 0 atom stereocenters. The number of piperidine rings is 1. The highest BCUT2D eigenvalue weighted by atomic mass is 19.1. The molecule has 0 bridgehead atoms. The summed E-state index contributed by atoms with van der Waals surface area (Å²) in [6.45, 7) is 1.83. The molecule has 0 amide bonds. The Morgan fingerprint density at radius 3 is 2.90 bits per heavy atom. The summed E-state index contributed by atoms with van der Waals surface area (Å²) in [4.78, 5) is 13.4. The topological polar surface area (TPSA) is 101 Å². The second-order valence-electron chi connectivity index (χ2n) is 7.66. The maximum Gasteiger partial charge on any atom is 0.168 e. The Balaban J connectivity index is 1.32. The molecule has 6 heterocycles. The zero-order chi connectivity index (χ0) is 20.8. The number of nitrogens with one attached hydrogen (secondary N) is 3. The van der Waals surface area contributed by atoms with Gasteiger partial charge in [-0.15, -0.1) is 0 Å². The van der Waals surface area contributed by atoms with Gasteiger partial charge in [0.05, 0.1) is 11.9 Å². The van der Waals surface area contributed by atoms with Crippen LogP contribution in [0.2, 0.25) is 0 Å². The minimum atomic E-state index is -0.345. The first-order valence-electron chi connectivity index (χ1n) is 10.2. The lowest BCUT2D eigenvalue weighted by atomic mass is 10.1. The van der Waals surface area contributed by atoms with Crippen LogP contribution in [0, 0.1) is 5.82 Å². The van der Waals surface area contributed by atoms with E-state index in [9.17, 15) is 4.39 Å². The summed E-state index contributed by atoms with van der Waals surface area (Å²) in [6, 6.07) is 6.05. The van der Waals surface area contributed by atoms with Crippen LogP contribution < -0.4 is 10.6 Å². The summed E-state index contributed by atoms with van der Waals surface area (Å²) in [5, 5.41) is 13.9. The SMILES string of the molecule is Fc1cn(C2CCNCC2)c2nc(Nc3cc(-c4cccn5ccnc45)[nH]n3)cnc12. The molecule has 31 heavy (non-hydrogen) atoms. The molecule has 0 aliphatic carbocycles. The van der Waals surface area contributed by atoms with Crippen LogP contribution >= 0.6 is 0 Å². The van der Waals surface area contributed by atoms with E-state index in [1.165, 1.54) is 12.4 Å². The van der Waals surface area contributed by atoms with Gasteiger partial charge in [-0.25, -0.2) is 19.3 Å². The fourth-order valence-corrected chi connectivity index (χ4v) is 4.21. The van der Waals surface area contributed by atoms with Gasteiger partial charge in [-0.05, 0) is 38.1 Å². The molecule has 5 aromatic rings. The maximum atomic E-state index is 14.4. The lowest BCUT2D eigenvalue weighted by Crippen LogP contribution is -2.29. The monoisotopic (exact) mass is 417 g/mol. The Hall–Kier alpha value is -3.79. The summed E-state index contributed by atoms with van der Waals surface area (Å²) in [6.07, 6.45) is 10.5. The second kappa shape index (κ2) is 7.17. The number of H-pyrrole nitrogens is 1. The molecule has 5 aromatic heterocycles. The van der Waals surface area contributed by atoms with Crippen LogP contribution in [0.5, 0.6) is 0 Å². The van der Waals surface area contributed by atoms with Crippen molar-refractivity contribution in [2.45, 2.75) is 18.9 Å². The summed E-state index contributed by atoms with van der Waals surface area (Å²) in [7, 11) is 0. The summed E-state index contributed by atoms with van der Waals surface area (Å²) in [5.74, 6) is 0.762. The van der Waals surface area contributed by atoms with Gasteiger partial charge in [-0.3, -0.25) is 5.10 Å². The number of imidazole rings is 1. The van der Waals surface area contributed by atoms with Crippen molar-refractivity contribution in [3.8, 4) is 11.3 Å². The van der Waals surface area contributed by atoms with Crippen molar-refractivity contribution in [2.75, 3.05) is 18.4 Å². The lowest BCUT2D eigenvalue weighted by molar-refractivity contribution is 0.372.